The van der Waals surface area contributed by atoms with E-state index in [2.05, 4.69) is 6.07 Å². The summed E-state index contributed by atoms with van der Waals surface area (Å²) in [5.74, 6) is -0.788. The molecule has 1 saturated carbocycles. The van der Waals surface area contributed by atoms with Crippen molar-refractivity contribution in [3.05, 3.63) is 0 Å². The fourth-order valence-corrected chi connectivity index (χ4v) is 2.52. The number of hydrogen-bond acceptors (Lipinski definition) is 3. The van der Waals surface area contributed by atoms with Crippen LogP contribution in [0.15, 0.2) is 0 Å². The van der Waals surface area contributed by atoms with Gasteiger partial charge < -0.3 is 5.11 Å². The third-order valence-electron chi connectivity index (χ3n) is 3.29. The van der Waals surface area contributed by atoms with Gasteiger partial charge in [0.05, 0.1) is 12.6 Å². The molecule has 1 N–H and O–H groups in total. The molecule has 1 aliphatic rings. The third-order valence-corrected chi connectivity index (χ3v) is 3.29. The average Bonchev–Trinajstić information content (AvgIpc) is 2.76. The van der Waals surface area contributed by atoms with Crippen molar-refractivity contribution in [3.63, 3.8) is 0 Å². The van der Waals surface area contributed by atoms with Crippen molar-refractivity contribution in [2.45, 2.75) is 57.5 Å². The first kappa shape index (κ1) is 13.0. The maximum atomic E-state index is 11.2. The molecule has 0 aromatic carbocycles. The molecular formula is C12H20N2O2. The summed E-state index contributed by atoms with van der Waals surface area (Å²) >= 11 is 0. The van der Waals surface area contributed by atoms with Crippen LogP contribution in [0.25, 0.3) is 0 Å². The van der Waals surface area contributed by atoms with Crippen LogP contribution in [-0.4, -0.2) is 34.6 Å². The van der Waals surface area contributed by atoms with Gasteiger partial charge in [-0.2, -0.15) is 5.26 Å². The minimum atomic E-state index is -0.788. The summed E-state index contributed by atoms with van der Waals surface area (Å²) < 4.78 is 0. The maximum Gasteiger partial charge on any atom is 0.320 e. The van der Waals surface area contributed by atoms with Crippen LogP contribution in [0.4, 0.5) is 0 Å². The topological polar surface area (TPSA) is 64.3 Å². The second-order valence-electron chi connectivity index (χ2n) is 4.41. The molecule has 0 saturated heterocycles. The van der Waals surface area contributed by atoms with Gasteiger partial charge in [0, 0.05) is 6.04 Å². The SMILES string of the molecule is CCCC(C(=O)O)N(CC#N)C1CCCC1. The zero-order chi connectivity index (χ0) is 12.0. The van der Waals surface area contributed by atoms with E-state index in [9.17, 15) is 9.90 Å². The largest absolute Gasteiger partial charge is 0.480 e. The molecular weight excluding hydrogens is 204 g/mol. The molecule has 4 heteroatoms. The number of carboxylic acids is 1. The number of carboxylic acid groups (broad SMARTS) is 1. The fourth-order valence-electron chi connectivity index (χ4n) is 2.52. The molecule has 0 spiro atoms. The highest BCUT2D eigenvalue weighted by Crippen LogP contribution is 2.26. The van der Waals surface area contributed by atoms with Crippen LogP contribution in [0, 0.1) is 11.3 Å². The van der Waals surface area contributed by atoms with Gasteiger partial charge in [0.2, 0.25) is 0 Å². The molecule has 0 aromatic rings. The Labute approximate surface area is 96.9 Å². The molecule has 0 aliphatic heterocycles. The number of hydrogen-bond donors (Lipinski definition) is 1. The first-order valence-corrected chi connectivity index (χ1v) is 6.06. The van der Waals surface area contributed by atoms with E-state index >= 15 is 0 Å². The molecule has 1 aliphatic carbocycles. The zero-order valence-corrected chi connectivity index (χ0v) is 9.85. The summed E-state index contributed by atoms with van der Waals surface area (Å²) in [6, 6.07) is 1.92. The lowest BCUT2D eigenvalue weighted by molar-refractivity contribution is -0.144. The van der Waals surface area contributed by atoms with Crippen LogP contribution >= 0.6 is 0 Å². The van der Waals surface area contributed by atoms with Gasteiger partial charge in [-0.05, 0) is 19.3 Å². The van der Waals surface area contributed by atoms with E-state index in [1.54, 1.807) is 0 Å². The summed E-state index contributed by atoms with van der Waals surface area (Å²) in [6.45, 7) is 2.22. The van der Waals surface area contributed by atoms with Crippen LogP contribution in [0.5, 0.6) is 0 Å². The Kier molecular flexibility index (Phi) is 5.27. The van der Waals surface area contributed by atoms with Gasteiger partial charge in [0.15, 0.2) is 0 Å². The summed E-state index contributed by atoms with van der Waals surface area (Å²) in [4.78, 5) is 13.1. The fraction of sp³-hybridized carbons (Fsp3) is 0.833. The molecule has 1 rings (SSSR count). The number of carbonyl (C=O) groups is 1. The van der Waals surface area contributed by atoms with Crippen molar-refractivity contribution < 1.29 is 9.90 Å². The van der Waals surface area contributed by atoms with Crippen LogP contribution in [0.2, 0.25) is 0 Å². The van der Waals surface area contributed by atoms with E-state index in [1.807, 2.05) is 11.8 Å². The predicted octanol–water partition coefficient (Wildman–Crippen LogP) is 2.01. The molecule has 1 fully saturated rings. The second-order valence-corrected chi connectivity index (χ2v) is 4.41. The predicted molar refractivity (Wildman–Crippen MR) is 60.9 cm³/mol. The Morgan fingerprint density at radius 2 is 2.19 bits per heavy atom. The normalized spacial score (nSPS) is 18.6. The highest BCUT2D eigenvalue weighted by molar-refractivity contribution is 5.73. The van der Waals surface area contributed by atoms with Crippen molar-refractivity contribution in [2.24, 2.45) is 0 Å². The van der Waals surface area contributed by atoms with Gasteiger partial charge in [0.1, 0.15) is 6.04 Å². The van der Waals surface area contributed by atoms with Crippen molar-refractivity contribution in [3.8, 4) is 6.07 Å². The summed E-state index contributed by atoms with van der Waals surface area (Å²) in [7, 11) is 0. The molecule has 0 amide bonds. The van der Waals surface area contributed by atoms with Crippen molar-refractivity contribution in [1.82, 2.24) is 4.90 Å². The van der Waals surface area contributed by atoms with Gasteiger partial charge in [0.25, 0.3) is 0 Å². The Morgan fingerprint density at radius 1 is 1.56 bits per heavy atom. The molecule has 1 atom stereocenters. The van der Waals surface area contributed by atoms with Crippen LogP contribution < -0.4 is 0 Å². The lowest BCUT2D eigenvalue weighted by Gasteiger charge is -2.31. The average molecular weight is 224 g/mol. The Bertz CT molecular complexity index is 267. The van der Waals surface area contributed by atoms with E-state index in [0.29, 0.717) is 12.5 Å². The molecule has 1 unspecified atom stereocenters. The van der Waals surface area contributed by atoms with Crippen molar-refractivity contribution in [2.75, 3.05) is 6.54 Å². The van der Waals surface area contributed by atoms with E-state index in [0.717, 1.165) is 32.1 Å². The Morgan fingerprint density at radius 3 is 2.62 bits per heavy atom. The molecule has 0 bridgehead atoms. The Hall–Kier alpha value is -1.08. The maximum absolute atomic E-state index is 11.2. The molecule has 90 valence electrons. The van der Waals surface area contributed by atoms with Gasteiger partial charge in [-0.3, -0.25) is 9.69 Å². The van der Waals surface area contributed by atoms with Gasteiger partial charge in [-0.15, -0.1) is 0 Å². The van der Waals surface area contributed by atoms with Gasteiger partial charge in [-0.1, -0.05) is 26.2 Å². The molecule has 0 aromatic heterocycles. The number of aliphatic carboxylic acids is 1. The number of nitrogens with zero attached hydrogens (tertiary/aromatic N) is 2. The number of rotatable bonds is 6. The molecule has 4 nitrogen and oxygen atoms in total. The Balaban J connectivity index is 2.71. The van der Waals surface area contributed by atoms with Crippen molar-refractivity contribution >= 4 is 5.97 Å². The highest BCUT2D eigenvalue weighted by Gasteiger charge is 2.31. The minimum Gasteiger partial charge on any atom is -0.480 e. The first-order chi connectivity index (χ1) is 7.70. The molecule has 0 heterocycles. The third kappa shape index (κ3) is 3.21. The van der Waals surface area contributed by atoms with E-state index in [1.165, 1.54) is 0 Å². The lowest BCUT2D eigenvalue weighted by atomic mass is 10.1. The first-order valence-electron chi connectivity index (χ1n) is 6.06. The molecule has 16 heavy (non-hydrogen) atoms. The van der Waals surface area contributed by atoms with E-state index < -0.39 is 12.0 Å². The number of nitriles is 1. The monoisotopic (exact) mass is 224 g/mol. The van der Waals surface area contributed by atoms with Gasteiger partial charge >= 0.3 is 5.97 Å². The van der Waals surface area contributed by atoms with E-state index in [-0.39, 0.29) is 6.54 Å². The summed E-state index contributed by atoms with van der Waals surface area (Å²) in [6.07, 6.45) is 5.86. The second kappa shape index (κ2) is 6.49. The van der Waals surface area contributed by atoms with Crippen LogP contribution in [-0.2, 0) is 4.79 Å². The minimum absolute atomic E-state index is 0.238. The van der Waals surface area contributed by atoms with Crippen LogP contribution in [0.1, 0.15) is 45.4 Å². The van der Waals surface area contributed by atoms with Crippen molar-refractivity contribution in [1.29, 1.82) is 5.26 Å². The quantitative estimate of drug-likeness (QED) is 0.701. The standard InChI is InChI=1S/C12H20N2O2/c1-2-5-11(12(15)16)14(9-8-13)10-6-3-4-7-10/h10-11H,2-7,9H2,1H3,(H,15,16). The zero-order valence-electron chi connectivity index (χ0n) is 9.85. The summed E-state index contributed by atoms with van der Waals surface area (Å²) in [5, 5.41) is 18.0. The smallest absolute Gasteiger partial charge is 0.320 e. The van der Waals surface area contributed by atoms with Crippen LogP contribution in [0.3, 0.4) is 0 Å². The van der Waals surface area contributed by atoms with E-state index in [4.69, 9.17) is 5.26 Å². The summed E-state index contributed by atoms with van der Waals surface area (Å²) in [5.41, 5.74) is 0. The molecule has 0 radical (unpaired) electrons. The lowest BCUT2D eigenvalue weighted by Crippen LogP contribution is -2.46. The highest BCUT2D eigenvalue weighted by atomic mass is 16.4. The van der Waals surface area contributed by atoms with Gasteiger partial charge in [-0.25, -0.2) is 0 Å².